The molecule has 1 fully saturated rings. The van der Waals surface area contributed by atoms with Crippen molar-refractivity contribution in [2.24, 2.45) is 0 Å². The molecule has 1 aliphatic heterocycles. The molecule has 96 valence electrons. The summed E-state index contributed by atoms with van der Waals surface area (Å²) in [4.78, 5) is 6.73. The molecule has 4 nitrogen and oxygen atoms in total. The molecular weight excluding hydrogens is 236 g/mol. The van der Waals surface area contributed by atoms with Crippen LogP contribution in [-0.4, -0.2) is 25.1 Å². The summed E-state index contributed by atoms with van der Waals surface area (Å²) in [6, 6.07) is 8.48. The van der Waals surface area contributed by atoms with Gasteiger partial charge in [-0.15, -0.1) is 0 Å². The first-order valence-electron chi connectivity index (χ1n) is 6.59. The zero-order valence-electron chi connectivity index (χ0n) is 11.0. The first-order chi connectivity index (χ1) is 9.33. The number of hydrogen-bond acceptors (Lipinski definition) is 4. The van der Waals surface area contributed by atoms with Crippen molar-refractivity contribution in [2.75, 3.05) is 30.4 Å². The van der Waals surface area contributed by atoms with Crippen LogP contribution < -0.4 is 10.2 Å². The quantitative estimate of drug-likeness (QED) is 0.893. The van der Waals surface area contributed by atoms with Crippen molar-refractivity contribution in [3.63, 3.8) is 0 Å². The number of nitrogens with one attached hydrogen (secondary N) is 1. The van der Waals surface area contributed by atoms with Crippen molar-refractivity contribution in [1.29, 1.82) is 5.26 Å². The lowest BCUT2D eigenvalue weighted by Gasteiger charge is -2.18. The van der Waals surface area contributed by atoms with Gasteiger partial charge in [-0.1, -0.05) is 0 Å². The maximum atomic E-state index is 9.15. The number of nitrogens with zero attached hydrogens (tertiary/aromatic N) is 3. The Kier molecular flexibility index (Phi) is 2.96. The maximum absolute atomic E-state index is 9.15. The molecule has 2 heterocycles. The lowest BCUT2D eigenvalue weighted by molar-refractivity contribution is 0.949. The molecule has 0 aliphatic carbocycles. The molecule has 0 unspecified atom stereocenters. The van der Waals surface area contributed by atoms with Crippen LogP contribution in [0.4, 0.5) is 11.4 Å². The van der Waals surface area contributed by atoms with Crippen molar-refractivity contribution >= 4 is 22.3 Å². The molecule has 0 saturated carbocycles. The highest BCUT2D eigenvalue weighted by Crippen LogP contribution is 2.30. The average Bonchev–Trinajstić information content (AvgIpc) is 2.99. The second-order valence-corrected chi connectivity index (χ2v) is 4.80. The highest BCUT2D eigenvalue weighted by Gasteiger charge is 2.14. The van der Waals surface area contributed by atoms with E-state index < -0.39 is 0 Å². The third kappa shape index (κ3) is 1.97. The van der Waals surface area contributed by atoms with Gasteiger partial charge in [-0.2, -0.15) is 5.26 Å². The van der Waals surface area contributed by atoms with Gasteiger partial charge in [0, 0.05) is 37.4 Å². The van der Waals surface area contributed by atoms with Crippen molar-refractivity contribution in [3.8, 4) is 6.07 Å². The van der Waals surface area contributed by atoms with Crippen LogP contribution in [0.15, 0.2) is 24.4 Å². The van der Waals surface area contributed by atoms with Crippen LogP contribution in [0.5, 0.6) is 0 Å². The van der Waals surface area contributed by atoms with Crippen LogP contribution >= 0.6 is 0 Å². The topological polar surface area (TPSA) is 52.0 Å². The van der Waals surface area contributed by atoms with E-state index in [0.29, 0.717) is 5.56 Å². The lowest BCUT2D eigenvalue weighted by Crippen LogP contribution is -2.17. The Labute approximate surface area is 112 Å². The van der Waals surface area contributed by atoms with E-state index in [9.17, 15) is 0 Å². The molecule has 1 aromatic carbocycles. The third-order valence-corrected chi connectivity index (χ3v) is 3.69. The number of anilines is 2. The summed E-state index contributed by atoms with van der Waals surface area (Å²) in [5, 5.41) is 13.3. The van der Waals surface area contributed by atoms with Gasteiger partial charge >= 0.3 is 0 Å². The molecule has 1 N–H and O–H groups in total. The Morgan fingerprint density at radius 2 is 2.11 bits per heavy atom. The molecule has 0 radical (unpaired) electrons. The van der Waals surface area contributed by atoms with Gasteiger partial charge in [0.2, 0.25) is 0 Å². The van der Waals surface area contributed by atoms with Crippen LogP contribution in [0, 0.1) is 11.3 Å². The van der Waals surface area contributed by atoms with Crippen molar-refractivity contribution in [1.82, 2.24) is 4.98 Å². The van der Waals surface area contributed by atoms with E-state index in [0.717, 1.165) is 29.7 Å². The first kappa shape index (κ1) is 11.8. The summed E-state index contributed by atoms with van der Waals surface area (Å²) in [5.41, 5.74) is 3.60. The highest BCUT2D eigenvalue weighted by molar-refractivity contribution is 5.96. The molecule has 0 bridgehead atoms. The fourth-order valence-electron chi connectivity index (χ4n) is 2.71. The largest absolute Gasteiger partial charge is 0.386 e. The minimum atomic E-state index is 0.591. The monoisotopic (exact) mass is 252 g/mol. The van der Waals surface area contributed by atoms with E-state index in [1.165, 1.54) is 18.5 Å². The van der Waals surface area contributed by atoms with E-state index in [4.69, 9.17) is 5.26 Å². The van der Waals surface area contributed by atoms with E-state index in [1.54, 1.807) is 6.20 Å². The summed E-state index contributed by atoms with van der Waals surface area (Å²) in [7, 11) is 1.85. The molecule has 19 heavy (non-hydrogen) atoms. The van der Waals surface area contributed by atoms with E-state index in [1.807, 2.05) is 13.1 Å². The maximum Gasteiger partial charge on any atom is 0.103 e. The Balaban J connectivity index is 2.17. The molecule has 0 amide bonds. The number of benzene rings is 1. The minimum Gasteiger partial charge on any atom is -0.386 e. The highest BCUT2D eigenvalue weighted by atomic mass is 15.1. The number of rotatable bonds is 2. The van der Waals surface area contributed by atoms with Gasteiger partial charge in [-0.3, -0.25) is 4.98 Å². The Morgan fingerprint density at radius 1 is 1.32 bits per heavy atom. The second-order valence-electron chi connectivity index (χ2n) is 4.80. The van der Waals surface area contributed by atoms with E-state index in [2.05, 4.69) is 33.4 Å². The summed E-state index contributed by atoms with van der Waals surface area (Å²) in [6.07, 6.45) is 4.14. The predicted octanol–water partition coefficient (Wildman–Crippen LogP) is 2.75. The molecule has 0 spiro atoms. The summed E-state index contributed by atoms with van der Waals surface area (Å²) >= 11 is 0. The minimum absolute atomic E-state index is 0.591. The lowest BCUT2D eigenvalue weighted by atomic mass is 10.1. The zero-order valence-corrected chi connectivity index (χ0v) is 11.0. The first-order valence-corrected chi connectivity index (χ1v) is 6.59. The van der Waals surface area contributed by atoms with Crippen LogP contribution in [0.25, 0.3) is 10.9 Å². The van der Waals surface area contributed by atoms with Gasteiger partial charge in [0.25, 0.3) is 0 Å². The van der Waals surface area contributed by atoms with Crippen molar-refractivity contribution < 1.29 is 0 Å². The Hall–Kier alpha value is -2.28. The standard InChI is InChI=1S/C15H16N4/c1-17-15-11(9-16)10-18-14-5-4-12(8-13(14)15)19-6-2-3-7-19/h4-5,8,10H,2-3,6-7H2,1H3,(H,17,18). The SMILES string of the molecule is CNc1c(C#N)cnc2ccc(N3CCCC3)cc12. The Bertz CT molecular complexity index is 651. The zero-order chi connectivity index (χ0) is 13.2. The second kappa shape index (κ2) is 4.77. The van der Waals surface area contributed by atoms with Crippen LogP contribution in [0.3, 0.4) is 0 Å². The van der Waals surface area contributed by atoms with Gasteiger partial charge in [-0.05, 0) is 31.0 Å². The fraction of sp³-hybridized carbons (Fsp3) is 0.333. The molecule has 4 heteroatoms. The van der Waals surface area contributed by atoms with Crippen LogP contribution in [-0.2, 0) is 0 Å². The fourth-order valence-corrected chi connectivity index (χ4v) is 2.71. The summed E-state index contributed by atoms with van der Waals surface area (Å²) in [5.74, 6) is 0. The molecule has 1 saturated heterocycles. The predicted molar refractivity (Wildman–Crippen MR) is 77.5 cm³/mol. The molecule has 0 atom stereocenters. The van der Waals surface area contributed by atoms with Gasteiger partial charge in [0.15, 0.2) is 0 Å². The van der Waals surface area contributed by atoms with Gasteiger partial charge in [0.05, 0.1) is 16.8 Å². The summed E-state index contributed by atoms with van der Waals surface area (Å²) in [6.45, 7) is 2.23. The number of hydrogen-bond donors (Lipinski definition) is 1. The third-order valence-electron chi connectivity index (χ3n) is 3.69. The van der Waals surface area contributed by atoms with Crippen molar-refractivity contribution in [3.05, 3.63) is 30.0 Å². The van der Waals surface area contributed by atoms with Gasteiger partial charge in [-0.25, -0.2) is 0 Å². The summed E-state index contributed by atoms with van der Waals surface area (Å²) < 4.78 is 0. The average molecular weight is 252 g/mol. The van der Waals surface area contributed by atoms with Crippen molar-refractivity contribution in [2.45, 2.75) is 12.8 Å². The molecule has 1 aliphatic rings. The number of fused-ring (bicyclic) bond motifs is 1. The van der Waals surface area contributed by atoms with Gasteiger partial charge in [0.1, 0.15) is 6.07 Å². The van der Waals surface area contributed by atoms with E-state index >= 15 is 0 Å². The Morgan fingerprint density at radius 3 is 2.79 bits per heavy atom. The number of nitriles is 1. The number of aromatic nitrogens is 1. The molecular formula is C15H16N4. The number of pyridine rings is 1. The van der Waals surface area contributed by atoms with E-state index in [-0.39, 0.29) is 0 Å². The van der Waals surface area contributed by atoms with Crippen LogP contribution in [0.1, 0.15) is 18.4 Å². The molecule has 1 aromatic heterocycles. The molecule has 3 rings (SSSR count). The molecule has 2 aromatic rings. The van der Waals surface area contributed by atoms with Gasteiger partial charge < -0.3 is 10.2 Å². The smallest absolute Gasteiger partial charge is 0.103 e. The normalized spacial score (nSPS) is 14.6. The van der Waals surface area contributed by atoms with Crippen LogP contribution in [0.2, 0.25) is 0 Å².